The number of rotatable bonds is 21. The van der Waals surface area contributed by atoms with Crippen LogP contribution in [0, 0.1) is 47.4 Å². The minimum atomic E-state index is -4.27. The Hall–Kier alpha value is -6.22. The van der Waals surface area contributed by atoms with Crippen molar-refractivity contribution >= 4 is 11.6 Å². The molecular formula is C78H98Br5ClF4N10. The maximum Gasteiger partial charge on any atom is 0.416 e. The second-order valence-electron chi connectivity index (χ2n) is 23.8. The van der Waals surface area contributed by atoms with Gasteiger partial charge in [-0.3, -0.25) is 0 Å². The molecule has 0 fully saturated rings. The Kier molecular flexibility index (Phi) is 40.2. The first kappa shape index (κ1) is 87.9. The summed E-state index contributed by atoms with van der Waals surface area (Å²) in [6.07, 6.45) is 22.5. The summed E-state index contributed by atoms with van der Waals surface area (Å²) in [6.45, 7) is 33.1. The maximum absolute atomic E-state index is 12.8. The van der Waals surface area contributed by atoms with Gasteiger partial charge in [0.05, 0.1) is 38.3 Å². The summed E-state index contributed by atoms with van der Waals surface area (Å²) in [6, 6.07) is 48.2. The lowest BCUT2D eigenvalue weighted by molar-refractivity contribution is -0.694. The van der Waals surface area contributed by atoms with Crippen LogP contribution in [0.15, 0.2) is 214 Å². The fourth-order valence-corrected chi connectivity index (χ4v) is 11.1. The molecule has 0 N–H and O–H groups in total. The molecule has 0 radical (unpaired) electrons. The zero-order chi connectivity index (χ0) is 66.9. The molecule has 0 unspecified atom stereocenters. The maximum atomic E-state index is 12.8. The van der Waals surface area contributed by atoms with Gasteiger partial charge in [-0.1, -0.05) is 167 Å². The van der Waals surface area contributed by atoms with E-state index in [2.05, 4.69) is 251 Å². The third-order valence-electron chi connectivity index (χ3n) is 16.7. The van der Waals surface area contributed by atoms with E-state index >= 15 is 0 Å². The molecule has 11 aromatic rings. The average molecular weight is 1690 g/mol. The molecule has 0 aliphatic rings. The van der Waals surface area contributed by atoms with Crippen molar-refractivity contribution in [3.8, 4) is 11.1 Å². The van der Waals surface area contributed by atoms with Gasteiger partial charge >= 0.3 is 6.18 Å². The summed E-state index contributed by atoms with van der Waals surface area (Å²) in [5, 5.41) is 0.791. The minimum Gasteiger partial charge on any atom is -1.00 e. The van der Waals surface area contributed by atoms with E-state index in [9.17, 15) is 17.6 Å². The minimum absolute atomic E-state index is 0. The Morgan fingerprint density at radius 3 is 0.847 bits per heavy atom. The smallest absolute Gasteiger partial charge is 0.416 e. The standard InChI is InChI=1S/C20H23N2.C15H18F3N2.C15H21N2.C14H18ClN2.C14H18FN2.5BrH/c1-3-13-21-14-15-22(17(21)2)16-18-9-11-20(12-10-18)19-7-5-4-6-8-19;1-3-8-19-9-10-20(12(19)2)11-13-4-6-14(7-5-13)15(16,17)18;1-4-9-16-10-11-17(14(16)3)12-15-7-5-13(2)6-8-15;2*1-3-8-16-9-10-17(12(16)2)11-13-4-6-14(15)7-5-13;;;;;/h4-12,14-15H,3,13,16H2,1-2H3;4-7,9-10H,3,8,11H2,1-2H3;5-8,10-11H,4,9,12H2,1-3H3;2*4-7,9-10H,3,8,11H2,1-2H3;5*1H/q5*+1;;;;;/p-5. The van der Waals surface area contributed by atoms with Gasteiger partial charge in [0.25, 0.3) is 29.1 Å². The van der Waals surface area contributed by atoms with E-state index in [1.165, 1.54) is 93.8 Å². The van der Waals surface area contributed by atoms with Gasteiger partial charge in [-0.05, 0) is 114 Å². The van der Waals surface area contributed by atoms with Crippen molar-refractivity contribution in [2.45, 2.75) is 180 Å². The average Bonchev–Trinajstić information content (AvgIpc) is 1.61. The summed E-state index contributed by atoms with van der Waals surface area (Å²) < 4.78 is 72.7. The van der Waals surface area contributed by atoms with Crippen molar-refractivity contribution in [1.82, 2.24) is 22.8 Å². The Morgan fingerprint density at radius 2 is 0.571 bits per heavy atom. The number of aryl methyl sites for hydroxylation is 6. The van der Waals surface area contributed by atoms with E-state index in [-0.39, 0.29) is 90.7 Å². The molecule has 0 saturated heterocycles. The number of nitrogens with zero attached hydrogens (tertiary/aromatic N) is 10. The summed E-state index contributed by atoms with van der Waals surface area (Å²) >= 11 is 5.88. The molecule has 11 rings (SSSR count). The number of hydrogen-bond acceptors (Lipinski definition) is 0. The Morgan fingerprint density at radius 1 is 0.327 bits per heavy atom. The van der Waals surface area contributed by atoms with Gasteiger partial charge in [-0.15, -0.1) is 0 Å². The normalized spacial score (nSPS) is 10.4. The summed E-state index contributed by atoms with van der Waals surface area (Å²) in [5.41, 5.74) is 9.21. The lowest BCUT2D eigenvalue weighted by Gasteiger charge is -2.07. The molecule has 0 saturated carbocycles. The first-order valence-electron chi connectivity index (χ1n) is 32.9. The van der Waals surface area contributed by atoms with Gasteiger partial charge < -0.3 is 84.9 Å². The van der Waals surface area contributed by atoms with Crippen molar-refractivity contribution in [1.29, 1.82) is 0 Å². The molecular weight excluding hydrogens is 1590 g/mol. The predicted octanol–water partition coefficient (Wildman–Crippen LogP) is 1.52. The quantitative estimate of drug-likeness (QED) is 0.0776. The van der Waals surface area contributed by atoms with Gasteiger partial charge in [-0.25, -0.2) is 50.1 Å². The van der Waals surface area contributed by atoms with Gasteiger partial charge in [0, 0.05) is 39.6 Å². The highest BCUT2D eigenvalue weighted by Gasteiger charge is 2.30. The highest BCUT2D eigenvalue weighted by molar-refractivity contribution is 6.30. The van der Waals surface area contributed by atoms with Crippen molar-refractivity contribution in [3.05, 3.63) is 293 Å². The fraction of sp³-hybridized carbons (Fsp3) is 0.346. The molecule has 0 spiro atoms. The summed E-state index contributed by atoms with van der Waals surface area (Å²) in [7, 11) is 0. The van der Waals surface area contributed by atoms with Gasteiger partial charge in [0.1, 0.15) is 101 Å². The van der Waals surface area contributed by atoms with Crippen LogP contribution in [0.1, 0.15) is 135 Å². The molecule has 0 bridgehead atoms. The molecule has 0 aliphatic heterocycles. The predicted molar refractivity (Wildman–Crippen MR) is 366 cm³/mol. The number of hydrogen-bond donors (Lipinski definition) is 0. The lowest BCUT2D eigenvalue weighted by atomic mass is 10.0. The van der Waals surface area contributed by atoms with Gasteiger partial charge in [0.15, 0.2) is 0 Å². The third-order valence-corrected chi connectivity index (χ3v) is 16.9. The van der Waals surface area contributed by atoms with Crippen LogP contribution in [-0.4, -0.2) is 22.8 Å². The van der Waals surface area contributed by atoms with Crippen molar-refractivity contribution in [3.63, 3.8) is 0 Å². The number of halogens is 10. The van der Waals surface area contributed by atoms with E-state index in [1.54, 1.807) is 0 Å². The molecule has 10 nitrogen and oxygen atoms in total. The van der Waals surface area contributed by atoms with Gasteiger partial charge in [0.2, 0.25) is 0 Å². The molecule has 20 heteroatoms. The Bertz CT molecular complexity index is 3750. The highest BCUT2D eigenvalue weighted by Crippen LogP contribution is 2.29. The monoisotopic (exact) mass is 1680 g/mol. The Balaban J connectivity index is 0.000000413. The van der Waals surface area contributed by atoms with E-state index < -0.39 is 11.7 Å². The van der Waals surface area contributed by atoms with Crippen LogP contribution in [0.25, 0.3) is 11.1 Å². The molecule has 0 amide bonds. The first-order valence-corrected chi connectivity index (χ1v) is 33.3. The van der Waals surface area contributed by atoms with Crippen LogP contribution in [0.3, 0.4) is 0 Å². The number of imidazole rings is 5. The highest BCUT2D eigenvalue weighted by atomic mass is 79.9. The summed E-state index contributed by atoms with van der Waals surface area (Å²) in [4.78, 5) is 0. The zero-order valence-electron chi connectivity index (χ0n) is 58.6. The Labute approximate surface area is 638 Å². The molecule has 6 aromatic carbocycles. The first-order chi connectivity index (χ1) is 44.8. The molecule has 98 heavy (non-hydrogen) atoms. The van der Waals surface area contributed by atoms with Crippen molar-refractivity contribution < 1.29 is 125 Å². The van der Waals surface area contributed by atoms with Crippen molar-refractivity contribution in [2.75, 3.05) is 0 Å². The second kappa shape index (κ2) is 44.8. The van der Waals surface area contributed by atoms with E-state index in [0.717, 1.165) is 112 Å². The largest absolute Gasteiger partial charge is 1.00 e. The van der Waals surface area contributed by atoms with Crippen molar-refractivity contribution in [2.24, 2.45) is 0 Å². The van der Waals surface area contributed by atoms with Crippen LogP contribution in [0.4, 0.5) is 17.6 Å². The van der Waals surface area contributed by atoms with Crippen LogP contribution >= 0.6 is 11.6 Å². The van der Waals surface area contributed by atoms with Crippen LogP contribution < -0.4 is 108 Å². The van der Waals surface area contributed by atoms with Gasteiger partial charge in [-0.2, -0.15) is 13.2 Å². The molecule has 0 aliphatic carbocycles. The number of alkyl halides is 3. The molecule has 530 valence electrons. The molecule has 0 atom stereocenters. The van der Waals surface area contributed by atoms with E-state index in [0.29, 0.717) is 6.54 Å². The van der Waals surface area contributed by atoms with E-state index in [4.69, 9.17) is 11.6 Å². The van der Waals surface area contributed by atoms with Crippen LogP contribution in [0.5, 0.6) is 0 Å². The van der Waals surface area contributed by atoms with Crippen LogP contribution in [-0.2, 0) is 71.6 Å². The zero-order valence-corrected chi connectivity index (χ0v) is 67.3. The van der Waals surface area contributed by atoms with Crippen LogP contribution in [0.2, 0.25) is 5.02 Å². The topological polar surface area (TPSA) is 44.0 Å². The second-order valence-corrected chi connectivity index (χ2v) is 24.3. The molecule has 5 heterocycles. The summed E-state index contributed by atoms with van der Waals surface area (Å²) in [5.74, 6) is 6.09. The number of benzene rings is 6. The number of aromatic nitrogens is 10. The fourth-order valence-electron chi connectivity index (χ4n) is 11.0. The molecule has 5 aromatic heterocycles. The SMILES string of the molecule is CCCn1cc[n+](Cc2ccc(-c3ccccc3)cc2)c1C.CCCn1cc[n+](Cc2ccc(C(F)(F)F)cc2)c1C.CCCn1cc[n+](Cc2ccc(C)cc2)c1C.CCCn1cc[n+](Cc2ccc(Cl)cc2)c1C.CCCn1cc[n+](Cc2ccc(F)cc2)c1C.[Br-].[Br-].[Br-].[Br-].[Br-]. The third kappa shape index (κ3) is 27.0. The van der Waals surface area contributed by atoms with E-state index in [1.807, 2.05) is 48.1 Å². The lowest BCUT2D eigenvalue weighted by Crippen LogP contribution is -3.00.